The zero-order chi connectivity index (χ0) is 16.6. The zero-order valence-corrected chi connectivity index (χ0v) is 14.6. The van der Waals surface area contributed by atoms with E-state index >= 15 is 0 Å². The molecule has 0 aliphatic rings. The van der Waals surface area contributed by atoms with Gasteiger partial charge >= 0.3 is 0 Å². The Bertz CT molecular complexity index is 443. The average molecular weight is 311 g/mol. The van der Waals surface area contributed by atoms with E-state index in [2.05, 4.69) is 32.6 Å². The van der Waals surface area contributed by atoms with E-state index in [-0.39, 0.29) is 5.41 Å². The molecule has 3 heteroatoms. The molecule has 0 heterocycles. The van der Waals surface area contributed by atoms with Crippen LogP contribution in [0.4, 0.5) is 14.5 Å². The predicted octanol–water partition coefficient (Wildman–Crippen LogP) is 6.18. The maximum atomic E-state index is 14.2. The van der Waals surface area contributed by atoms with Crippen LogP contribution < -0.4 is 4.90 Å². The molecule has 0 unspecified atom stereocenters. The van der Waals surface area contributed by atoms with Gasteiger partial charge in [-0.15, -0.1) is 0 Å². The second kappa shape index (κ2) is 9.12. The zero-order valence-electron chi connectivity index (χ0n) is 14.6. The first-order chi connectivity index (χ1) is 10.4. The number of hydrogen-bond donors (Lipinski definition) is 0. The van der Waals surface area contributed by atoms with Crippen LogP contribution in [0.2, 0.25) is 0 Å². The fourth-order valence-corrected chi connectivity index (χ4v) is 3.02. The molecular formula is C19H31F2N. The summed E-state index contributed by atoms with van der Waals surface area (Å²) in [4.78, 5) is 2.10. The molecule has 22 heavy (non-hydrogen) atoms. The average Bonchev–Trinajstić information content (AvgIpc) is 2.42. The minimum atomic E-state index is -0.514. The van der Waals surface area contributed by atoms with Crippen molar-refractivity contribution in [1.82, 2.24) is 0 Å². The van der Waals surface area contributed by atoms with Crippen LogP contribution in [-0.4, -0.2) is 13.1 Å². The number of anilines is 1. The van der Waals surface area contributed by atoms with Crippen molar-refractivity contribution < 1.29 is 8.78 Å². The van der Waals surface area contributed by atoms with Gasteiger partial charge in [0.15, 0.2) is 0 Å². The third-order valence-electron chi connectivity index (χ3n) is 4.08. The molecular weight excluding hydrogens is 280 g/mol. The molecule has 0 amide bonds. The van der Waals surface area contributed by atoms with Crippen molar-refractivity contribution in [1.29, 1.82) is 0 Å². The molecule has 0 spiro atoms. The van der Waals surface area contributed by atoms with Gasteiger partial charge in [-0.1, -0.05) is 53.4 Å². The minimum absolute atomic E-state index is 0.125. The first kappa shape index (κ1) is 18.9. The summed E-state index contributed by atoms with van der Waals surface area (Å²) in [5.41, 5.74) is 0.655. The summed E-state index contributed by atoms with van der Waals surface area (Å²) in [5.74, 6) is -0.970. The third-order valence-corrected chi connectivity index (χ3v) is 4.08. The molecule has 1 rings (SSSR count). The van der Waals surface area contributed by atoms with Crippen LogP contribution in [-0.2, 0) is 0 Å². The standard InChI is InChI=1S/C19H31F2N/c1-5-7-8-9-13-22(15-19(3,4)12-6-2)18-11-10-16(20)14-17(18)21/h10-11,14H,5-9,12-13,15H2,1-4H3. The van der Waals surface area contributed by atoms with E-state index < -0.39 is 11.6 Å². The van der Waals surface area contributed by atoms with Crippen LogP contribution in [0.1, 0.15) is 66.2 Å². The number of halogens is 2. The Hall–Kier alpha value is -1.12. The van der Waals surface area contributed by atoms with E-state index in [4.69, 9.17) is 0 Å². The predicted molar refractivity (Wildman–Crippen MR) is 91.4 cm³/mol. The van der Waals surface area contributed by atoms with Crippen molar-refractivity contribution >= 4 is 5.69 Å². The second-order valence-corrected chi connectivity index (χ2v) is 6.99. The minimum Gasteiger partial charge on any atom is -0.369 e. The van der Waals surface area contributed by atoms with E-state index in [0.29, 0.717) is 5.69 Å². The molecule has 0 N–H and O–H groups in total. The largest absolute Gasteiger partial charge is 0.369 e. The van der Waals surface area contributed by atoms with Crippen LogP contribution in [0.5, 0.6) is 0 Å². The molecule has 0 aliphatic heterocycles. The molecule has 1 aromatic rings. The van der Waals surface area contributed by atoms with Crippen LogP contribution in [0.25, 0.3) is 0 Å². The number of nitrogens with zero attached hydrogens (tertiary/aromatic N) is 1. The molecule has 126 valence electrons. The van der Waals surface area contributed by atoms with Gasteiger partial charge in [0.2, 0.25) is 0 Å². The summed E-state index contributed by atoms with van der Waals surface area (Å²) < 4.78 is 27.3. The molecule has 1 aromatic carbocycles. The fraction of sp³-hybridized carbons (Fsp3) is 0.684. The Morgan fingerprint density at radius 2 is 1.73 bits per heavy atom. The van der Waals surface area contributed by atoms with Gasteiger partial charge < -0.3 is 4.90 Å². The Morgan fingerprint density at radius 3 is 2.32 bits per heavy atom. The van der Waals surface area contributed by atoms with Gasteiger partial charge in [-0.25, -0.2) is 8.78 Å². The highest BCUT2D eigenvalue weighted by atomic mass is 19.1. The molecule has 0 bridgehead atoms. The maximum absolute atomic E-state index is 14.2. The summed E-state index contributed by atoms with van der Waals surface area (Å²) in [5, 5.41) is 0. The second-order valence-electron chi connectivity index (χ2n) is 6.99. The highest BCUT2D eigenvalue weighted by Gasteiger charge is 2.22. The summed E-state index contributed by atoms with van der Waals surface area (Å²) in [6, 6.07) is 3.91. The summed E-state index contributed by atoms with van der Waals surface area (Å²) in [6.07, 6.45) is 6.81. The van der Waals surface area contributed by atoms with Crippen LogP contribution in [0.15, 0.2) is 18.2 Å². The van der Waals surface area contributed by atoms with Gasteiger partial charge in [-0.05, 0) is 30.4 Å². The highest BCUT2D eigenvalue weighted by Crippen LogP contribution is 2.29. The fourth-order valence-electron chi connectivity index (χ4n) is 3.02. The van der Waals surface area contributed by atoms with Crippen molar-refractivity contribution in [2.75, 3.05) is 18.0 Å². The highest BCUT2D eigenvalue weighted by molar-refractivity contribution is 5.48. The normalized spacial score (nSPS) is 11.7. The smallest absolute Gasteiger partial charge is 0.149 e. The molecule has 0 saturated heterocycles. The van der Waals surface area contributed by atoms with Crippen molar-refractivity contribution in [2.24, 2.45) is 5.41 Å². The van der Waals surface area contributed by atoms with Gasteiger partial charge in [0, 0.05) is 19.2 Å². The topological polar surface area (TPSA) is 3.24 Å². The van der Waals surface area contributed by atoms with E-state index in [1.54, 1.807) is 6.07 Å². The van der Waals surface area contributed by atoms with Gasteiger partial charge in [0.05, 0.1) is 5.69 Å². The first-order valence-electron chi connectivity index (χ1n) is 8.59. The molecule has 1 nitrogen and oxygen atoms in total. The number of benzene rings is 1. The van der Waals surface area contributed by atoms with Crippen molar-refractivity contribution in [2.45, 2.75) is 66.2 Å². The van der Waals surface area contributed by atoms with Crippen molar-refractivity contribution in [3.63, 3.8) is 0 Å². The Kier molecular flexibility index (Phi) is 7.84. The SMILES string of the molecule is CCCCCCN(CC(C)(C)CCC)c1ccc(F)cc1F. The quantitative estimate of drug-likeness (QED) is 0.466. The lowest BCUT2D eigenvalue weighted by atomic mass is 9.87. The van der Waals surface area contributed by atoms with Crippen molar-refractivity contribution in [3.05, 3.63) is 29.8 Å². The van der Waals surface area contributed by atoms with E-state index in [1.807, 2.05) is 0 Å². The molecule has 0 aliphatic carbocycles. The summed E-state index contributed by atoms with van der Waals surface area (Å²) in [6.45, 7) is 10.4. The molecule has 0 saturated carbocycles. The van der Waals surface area contributed by atoms with Gasteiger partial charge in [-0.2, -0.15) is 0 Å². The lowest BCUT2D eigenvalue weighted by Gasteiger charge is -2.34. The van der Waals surface area contributed by atoms with E-state index in [0.717, 1.165) is 44.8 Å². The van der Waals surface area contributed by atoms with Crippen LogP contribution in [0, 0.1) is 17.0 Å². The molecule has 0 radical (unpaired) electrons. The van der Waals surface area contributed by atoms with Crippen LogP contribution in [0.3, 0.4) is 0 Å². The lowest BCUT2D eigenvalue weighted by molar-refractivity contribution is 0.330. The van der Waals surface area contributed by atoms with Crippen molar-refractivity contribution in [3.8, 4) is 0 Å². The molecule has 0 atom stereocenters. The Morgan fingerprint density at radius 1 is 1.00 bits per heavy atom. The third kappa shape index (κ3) is 6.33. The first-order valence-corrected chi connectivity index (χ1v) is 8.59. The molecule has 0 aromatic heterocycles. The Balaban J connectivity index is 2.85. The Labute approximate surface area is 134 Å². The summed E-state index contributed by atoms with van der Waals surface area (Å²) >= 11 is 0. The van der Waals surface area contributed by atoms with Gasteiger partial charge in [-0.3, -0.25) is 0 Å². The van der Waals surface area contributed by atoms with Crippen LogP contribution >= 0.6 is 0 Å². The van der Waals surface area contributed by atoms with Gasteiger partial charge in [0.1, 0.15) is 11.6 Å². The van der Waals surface area contributed by atoms with Gasteiger partial charge in [0.25, 0.3) is 0 Å². The number of rotatable bonds is 10. The lowest BCUT2D eigenvalue weighted by Crippen LogP contribution is -2.35. The summed E-state index contributed by atoms with van der Waals surface area (Å²) in [7, 11) is 0. The molecule has 0 fully saturated rings. The maximum Gasteiger partial charge on any atom is 0.149 e. The monoisotopic (exact) mass is 311 g/mol. The van der Waals surface area contributed by atoms with E-state index in [1.165, 1.54) is 18.9 Å². The number of unbranched alkanes of at least 4 members (excludes halogenated alkanes) is 3. The van der Waals surface area contributed by atoms with E-state index in [9.17, 15) is 8.78 Å². The number of hydrogen-bond acceptors (Lipinski definition) is 1.